The van der Waals surface area contributed by atoms with Crippen LogP contribution in [0, 0.1) is 27.7 Å². The third-order valence-corrected chi connectivity index (χ3v) is 11.0. The Morgan fingerprint density at radius 1 is 0.884 bits per heavy atom. The van der Waals surface area contributed by atoms with Crippen molar-refractivity contribution in [2.45, 2.75) is 71.2 Å². The van der Waals surface area contributed by atoms with Crippen LogP contribution in [0.25, 0.3) is 6.08 Å². The molecule has 2 unspecified atom stereocenters. The molecule has 2 atom stereocenters. The van der Waals surface area contributed by atoms with E-state index in [0.29, 0.717) is 36.5 Å². The van der Waals surface area contributed by atoms with Gasteiger partial charge in [-0.2, -0.15) is 0 Å². The van der Waals surface area contributed by atoms with Gasteiger partial charge >= 0.3 is 0 Å². The molecule has 0 radical (unpaired) electrons. The smallest absolute Gasteiger partial charge is 0.260 e. The molecule has 2 aliphatic heterocycles. The molecule has 2 amide bonds. The molecule has 6 rings (SSSR count). The summed E-state index contributed by atoms with van der Waals surface area (Å²) in [4.78, 5) is 34.6. The van der Waals surface area contributed by atoms with Gasteiger partial charge in [0.1, 0.15) is 0 Å². The van der Waals surface area contributed by atoms with Gasteiger partial charge in [-0.15, -0.1) is 11.8 Å². The summed E-state index contributed by atoms with van der Waals surface area (Å²) in [5.41, 5.74) is 9.26. The van der Waals surface area contributed by atoms with E-state index in [0.717, 1.165) is 36.4 Å². The minimum atomic E-state index is 0.0766. The van der Waals surface area contributed by atoms with E-state index in [-0.39, 0.29) is 11.8 Å². The monoisotopic (exact) mass is 593 g/mol. The summed E-state index contributed by atoms with van der Waals surface area (Å²) < 4.78 is 0. The van der Waals surface area contributed by atoms with Crippen LogP contribution < -0.4 is 4.90 Å². The number of carbonyl (C=O) groups excluding carboxylic acids is 2. The van der Waals surface area contributed by atoms with E-state index >= 15 is 0 Å². The Labute approximate surface area is 260 Å². The van der Waals surface area contributed by atoms with Crippen molar-refractivity contribution in [3.8, 4) is 0 Å². The number of piperazine rings is 1. The van der Waals surface area contributed by atoms with E-state index in [2.05, 4.69) is 73.9 Å². The van der Waals surface area contributed by atoms with Crippen LogP contribution in [0.2, 0.25) is 0 Å². The molecule has 1 saturated carbocycles. The number of amides is 2. The number of aryl methyl sites for hydroxylation is 3. The van der Waals surface area contributed by atoms with Crippen molar-refractivity contribution in [3.05, 3.63) is 105 Å². The topological polar surface area (TPSA) is 43.9 Å². The first-order valence-corrected chi connectivity index (χ1v) is 16.6. The van der Waals surface area contributed by atoms with Crippen LogP contribution in [-0.4, -0.2) is 59.1 Å². The number of benzene rings is 3. The number of fused-ring (bicyclic) bond motifs is 1. The fourth-order valence-corrected chi connectivity index (χ4v) is 8.27. The molecule has 6 heteroatoms. The number of hydrogen-bond acceptors (Lipinski definition) is 4. The number of anilines is 1. The number of thioether (sulfide) groups is 1. The lowest BCUT2D eigenvalue weighted by Gasteiger charge is -2.44. The minimum Gasteiger partial charge on any atom is -0.368 e. The van der Waals surface area contributed by atoms with Gasteiger partial charge in [0.2, 0.25) is 0 Å². The van der Waals surface area contributed by atoms with Crippen molar-refractivity contribution in [2.24, 2.45) is 0 Å². The van der Waals surface area contributed by atoms with Crippen molar-refractivity contribution in [1.82, 2.24) is 9.80 Å². The van der Waals surface area contributed by atoms with Crippen molar-refractivity contribution < 1.29 is 9.59 Å². The molecule has 2 heterocycles. The molecule has 5 nitrogen and oxygen atoms in total. The summed E-state index contributed by atoms with van der Waals surface area (Å²) in [6.07, 6.45) is 6.67. The zero-order chi connectivity index (χ0) is 30.1. The third-order valence-electron chi connectivity index (χ3n) is 9.60. The first kappa shape index (κ1) is 29.6. The summed E-state index contributed by atoms with van der Waals surface area (Å²) in [6, 6.07) is 21.1. The lowest BCUT2D eigenvalue weighted by molar-refractivity contribution is -0.130. The van der Waals surface area contributed by atoms with Crippen LogP contribution in [-0.2, 0) is 11.3 Å². The first-order chi connectivity index (χ1) is 20.8. The van der Waals surface area contributed by atoms with E-state index in [1.54, 1.807) is 11.8 Å². The fraction of sp³-hybridized carbons (Fsp3) is 0.405. The quantitative estimate of drug-likeness (QED) is 0.291. The van der Waals surface area contributed by atoms with E-state index in [1.165, 1.54) is 46.3 Å². The van der Waals surface area contributed by atoms with Gasteiger partial charge in [0, 0.05) is 55.3 Å². The van der Waals surface area contributed by atoms with E-state index < -0.39 is 0 Å². The molecule has 0 N–H and O–H groups in total. The zero-order valence-electron chi connectivity index (χ0n) is 25.9. The van der Waals surface area contributed by atoms with Gasteiger partial charge in [0.05, 0.1) is 4.91 Å². The Balaban J connectivity index is 1.14. The standard InChI is InChI=1S/C37H43N3O2S/c1-25-12-13-27(3)31(22-25)24-40-33-9-5-6-11-34(33)43-35(37(40)42)23-29-14-16-30(17-15-29)36(41)39-20-18-38(19-21-39)32-10-7-8-26(2)28(32)4/h7-8,10,12-17,22-23,33-34H,5-6,9,11,18-21,24H2,1-4H3/b35-23-. The Morgan fingerprint density at radius 2 is 1.63 bits per heavy atom. The second-order valence-electron chi connectivity index (χ2n) is 12.5. The first-order valence-electron chi connectivity index (χ1n) is 15.7. The van der Waals surface area contributed by atoms with Gasteiger partial charge in [-0.3, -0.25) is 9.59 Å². The SMILES string of the molecule is Cc1ccc(C)c(CN2C(=O)/C(=C/c3ccc(C(=O)N4CCN(c5cccc(C)c5C)CC4)cc3)SC3CCCCC32)c1. The predicted molar refractivity (Wildman–Crippen MR) is 179 cm³/mol. The van der Waals surface area contributed by atoms with Crippen LogP contribution in [0.15, 0.2) is 65.6 Å². The summed E-state index contributed by atoms with van der Waals surface area (Å²) in [5.74, 6) is 0.212. The normalized spacial score (nSPS) is 21.7. The van der Waals surface area contributed by atoms with Gasteiger partial charge < -0.3 is 14.7 Å². The molecule has 0 aromatic heterocycles. The Morgan fingerprint density at radius 3 is 2.40 bits per heavy atom. The summed E-state index contributed by atoms with van der Waals surface area (Å²) in [5, 5.41) is 0.436. The van der Waals surface area contributed by atoms with Crippen molar-refractivity contribution >= 4 is 35.3 Å². The van der Waals surface area contributed by atoms with Crippen LogP contribution in [0.5, 0.6) is 0 Å². The van der Waals surface area contributed by atoms with Gasteiger partial charge in [-0.1, -0.05) is 60.9 Å². The maximum atomic E-state index is 13.9. The number of carbonyl (C=O) groups is 2. The molecular formula is C37H43N3O2S. The molecule has 3 aliphatic rings. The Kier molecular flexibility index (Phi) is 8.67. The summed E-state index contributed by atoms with van der Waals surface area (Å²) in [7, 11) is 0. The van der Waals surface area contributed by atoms with E-state index in [1.807, 2.05) is 35.2 Å². The Hall–Kier alpha value is -3.51. The minimum absolute atomic E-state index is 0.0766. The summed E-state index contributed by atoms with van der Waals surface area (Å²) in [6.45, 7) is 12.3. The molecule has 3 fully saturated rings. The number of hydrogen-bond donors (Lipinski definition) is 0. The maximum absolute atomic E-state index is 13.9. The molecule has 1 aliphatic carbocycles. The molecule has 3 aromatic carbocycles. The predicted octanol–water partition coefficient (Wildman–Crippen LogP) is 7.31. The summed E-state index contributed by atoms with van der Waals surface area (Å²) >= 11 is 1.76. The van der Waals surface area contributed by atoms with Crippen LogP contribution >= 0.6 is 11.8 Å². The molecule has 0 spiro atoms. The van der Waals surface area contributed by atoms with E-state index in [9.17, 15) is 9.59 Å². The van der Waals surface area contributed by atoms with Gasteiger partial charge in [-0.25, -0.2) is 0 Å². The maximum Gasteiger partial charge on any atom is 0.260 e. The van der Waals surface area contributed by atoms with Gasteiger partial charge in [0.25, 0.3) is 11.8 Å². The van der Waals surface area contributed by atoms with Crippen molar-refractivity contribution in [2.75, 3.05) is 31.1 Å². The average molecular weight is 594 g/mol. The molecule has 2 saturated heterocycles. The van der Waals surface area contributed by atoms with Crippen molar-refractivity contribution in [3.63, 3.8) is 0 Å². The lowest BCUT2D eigenvalue weighted by atomic mass is 9.92. The second kappa shape index (κ2) is 12.6. The largest absolute Gasteiger partial charge is 0.368 e. The molecule has 0 bridgehead atoms. The number of nitrogens with zero attached hydrogens (tertiary/aromatic N) is 3. The molecule has 3 aromatic rings. The van der Waals surface area contributed by atoms with Crippen LogP contribution in [0.1, 0.15) is 69.4 Å². The highest BCUT2D eigenvalue weighted by Gasteiger charge is 2.40. The Bertz CT molecular complexity index is 1540. The molecule has 224 valence electrons. The van der Waals surface area contributed by atoms with Crippen molar-refractivity contribution in [1.29, 1.82) is 0 Å². The average Bonchev–Trinajstić information content (AvgIpc) is 3.02. The van der Waals surface area contributed by atoms with E-state index in [4.69, 9.17) is 0 Å². The van der Waals surface area contributed by atoms with Crippen LogP contribution in [0.4, 0.5) is 5.69 Å². The third kappa shape index (κ3) is 6.26. The fourth-order valence-electron chi connectivity index (χ4n) is 6.80. The second-order valence-corrected chi connectivity index (χ2v) is 13.8. The van der Waals surface area contributed by atoms with Crippen LogP contribution in [0.3, 0.4) is 0 Å². The number of rotatable bonds is 5. The highest BCUT2D eigenvalue weighted by Crippen LogP contribution is 2.43. The molecule has 43 heavy (non-hydrogen) atoms. The highest BCUT2D eigenvalue weighted by atomic mass is 32.2. The van der Waals surface area contributed by atoms with Gasteiger partial charge in [0.15, 0.2) is 0 Å². The lowest BCUT2D eigenvalue weighted by Crippen LogP contribution is -2.50. The zero-order valence-corrected chi connectivity index (χ0v) is 26.8. The van der Waals surface area contributed by atoms with Gasteiger partial charge in [-0.05, 0) is 92.6 Å². The molecular weight excluding hydrogens is 550 g/mol. The highest BCUT2D eigenvalue weighted by molar-refractivity contribution is 8.04.